The van der Waals surface area contributed by atoms with E-state index in [2.05, 4.69) is 5.32 Å². The van der Waals surface area contributed by atoms with Crippen molar-refractivity contribution in [2.45, 2.75) is 26.4 Å². The molecule has 5 nitrogen and oxygen atoms in total. The molecule has 0 atom stereocenters. The number of aliphatic hydroxyl groups is 1. The molecule has 0 aromatic heterocycles. The summed E-state index contributed by atoms with van der Waals surface area (Å²) in [5, 5.41) is 20.0. The van der Waals surface area contributed by atoms with E-state index in [9.17, 15) is 4.79 Å². The van der Waals surface area contributed by atoms with Crippen LogP contribution >= 0.6 is 0 Å². The number of hydrogen-bond acceptors (Lipinski definition) is 3. The molecule has 0 aliphatic carbocycles. The number of piperazine rings is 1. The normalized spacial score (nSPS) is 17.0. The number of carboxylic acid groups (broad SMARTS) is 1. The third-order valence-electron chi connectivity index (χ3n) is 1.39. The Hall–Kier alpha value is -0.810. The van der Waals surface area contributed by atoms with Gasteiger partial charge in [-0.3, -0.25) is 0 Å². The molecular weight excluding hydrogens is 184 g/mol. The average molecular weight is 204 g/mol. The molecule has 1 fully saturated rings. The summed E-state index contributed by atoms with van der Waals surface area (Å²) in [6.45, 7) is 8.04. The van der Waals surface area contributed by atoms with Gasteiger partial charge in [0.15, 0.2) is 0 Å². The average Bonchev–Trinajstić information content (AvgIpc) is 2.03. The van der Waals surface area contributed by atoms with Gasteiger partial charge in [-0.2, -0.15) is 0 Å². The molecule has 0 aromatic rings. The minimum atomic E-state index is -0.809. The quantitative estimate of drug-likeness (QED) is 0.532. The third-order valence-corrected chi connectivity index (χ3v) is 1.39. The lowest BCUT2D eigenvalue weighted by molar-refractivity contribution is 0.102. The lowest BCUT2D eigenvalue weighted by atomic mass is 10.2. The second-order valence-electron chi connectivity index (χ2n) is 4.19. The molecule has 84 valence electrons. The van der Waals surface area contributed by atoms with Crippen molar-refractivity contribution in [2.75, 3.05) is 26.2 Å². The summed E-state index contributed by atoms with van der Waals surface area (Å²) in [6, 6.07) is 0. The number of amides is 1. The second-order valence-corrected chi connectivity index (χ2v) is 4.19. The van der Waals surface area contributed by atoms with Crippen molar-refractivity contribution in [3.05, 3.63) is 0 Å². The molecule has 1 aliphatic heterocycles. The first-order chi connectivity index (χ1) is 6.30. The van der Waals surface area contributed by atoms with Crippen LogP contribution in [0.1, 0.15) is 20.8 Å². The summed E-state index contributed by atoms with van der Waals surface area (Å²) in [5.74, 6) is 0. The van der Waals surface area contributed by atoms with Crippen LogP contribution in [-0.2, 0) is 0 Å². The molecule has 1 heterocycles. The first-order valence-corrected chi connectivity index (χ1v) is 4.71. The SMILES string of the molecule is CC(C)(C)O.O=C(O)N1CCNCC1. The number of nitrogens with one attached hydrogen (secondary N) is 1. The van der Waals surface area contributed by atoms with Gasteiger partial charge >= 0.3 is 6.09 Å². The topological polar surface area (TPSA) is 72.8 Å². The van der Waals surface area contributed by atoms with Crippen molar-refractivity contribution >= 4 is 6.09 Å². The van der Waals surface area contributed by atoms with E-state index in [4.69, 9.17) is 10.2 Å². The van der Waals surface area contributed by atoms with Crippen LogP contribution in [0, 0.1) is 0 Å². The lowest BCUT2D eigenvalue weighted by Gasteiger charge is -2.23. The Labute approximate surface area is 84.7 Å². The highest BCUT2D eigenvalue weighted by Gasteiger charge is 2.13. The van der Waals surface area contributed by atoms with Gasteiger partial charge in [-0.15, -0.1) is 0 Å². The third kappa shape index (κ3) is 9.28. The standard InChI is InChI=1S/C5H10N2O2.C4H10O/c8-5(9)7-3-1-6-2-4-7;1-4(2,3)5/h6H,1-4H2,(H,8,9);5H,1-3H3. The van der Waals surface area contributed by atoms with Gasteiger partial charge in [-0.1, -0.05) is 0 Å². The monoisotopic (exact) mass is 204 g/mol. The van der Waals surface area contributed by atoms with Crippen molar-refractivity contribution in [3.8, 4) is 0 Å². The Morgan fingerprint density at radius 2 is 1.64 bits per heavy atom. The zero-order valence-electron chi connectivity index (χ0n) is 9.08. The molecule has 0 spiro atoms. The van der Waals surface area contributed by atoms with Crippen LogP contribution in [0.25, 0.3) is 0 Å². The van der Waals surface area contributed by atoms with Crippen LogP contribution in [0.4, 0.5) is 4.79 Å². The van der Waals surface area contributed by atoms with Crippen molar-refractivity contribution < 1.29 is 15.0 Å². The molecule has 1 aliphatic rings. The van der Waals surface area contributed by atoms with Crippen molar-refractivity contribution in [2.24, 2.45) is 0 Å². The zero-order valence-corrected chi connectivity index (χ0v) is 9.08. The Kier molecular flexibility index (Phi) is 5.49. The molecule has 0 unspecified atom stereocenters. The van der Waals surface area contributed by atoms with Gasteiger partial charge in [0.05, 0.1) is 5.60 Å². The van der Waals surface area contributed by atoms with Crippen LogP contribution in [0.5, 0.6) is 0 Å². The molecule has 0 radical (unpaired) electrons. The first-order valence-electron chi connectivity index (χ1n) is 4.71. The van der Waals surface area contributed by atoms with Crippen molar-refractivity contribution in [3.63, 3.8) is 0 Å². The maximum atomic E-state index is 10.3. The summed E-state index contributed by atoms with van der Waals surface area (Å²) in [4.78, 5) is 11.7. The van der Waals surface area contributed by atoms with Gasteiger partial charge in [-0.25, -0.2) is 4.79 Å². The highest BCUT2D eigenvalue weighted by Crippen LogP contribution is 1.93. The maximum Gasteiger partial charge on any atom is 0.407 e. The summed E-state index contributed by atoms with van der Waals surface area (Å²) in [6.07, 6.45) is -0.809. The van der Waals surface area contributed by atoms with Gasteiger partial charge in [0.2, 0.25) is 0 Å². The van der Waals surface area contributed by atoms with Crippen LogP contribution in [0.2, 0.25) is 0 Å². The largest absolute Gasteiger partial charge is 0.465 e. The minimum absolute atomic E-state index is 0.500. The molecule has 1 amide bonds. The number of rotatable bonds is 0. The summed E-state index contributed by atoms with van der Waals surface area (Å²) in [7, 11) is 0. The highest BCUT2D eigenvalue weighted by molar-refractivity contribution is 5.65. The number of carbonyl (C=O) groups is 1. The summed E-state index contributed by atoms with van der Waals surface area (Å²) >= 11 is 0. The molecule has 0 saturated carbocycles. The molecule has 5 heteroatoms. The Bertz CT molecular complexity index is 165. The van der Waals surface area contributed by atoms with E-state index < -0.39 is 11.7 Å². The van der Waals surface area contributed by atoms with E-state index in [1.54, 1.807) is 20.8 Å². The summed E-state index contributed by atoms with van der Waals surface area (Å²) < 4.78 is 0. The van der Waals surface area contributed by atoms with Gasteiger partial charge in [0, 0.05) is 26.2 Å². The highest BCUT2D eigenvalue weighted by atomic mass is 16.4. The summed E-state index contributed by atoms with van der Waals surface area (Å²) in [5.41, 5.74) is -0.500. The zero-order chi connectivity index (χ0) is 11.2. The van der Waals surface area contributed by atoms with Crippen molar-refractivity contribution in [1.82, 2.24) is 10.2 Å². The predicted octanol–water partition coefficient (Wildman–Crippen LogP) is 0.347. The van der Waals surface area contributed by atoms with Crippen LogP contribution in [-0.4, -0.2) is 53.0 Å². The van der Waals surface area contributed by atoms with E-state index >= 15 is 0 Å². The fraction of sp³-hybridized carbons (Fsp3) is 0.889. The van der Waals surface area contributed by atoms with Gasteiger partial charge in [0.1, 0.15) is 0 Å². The molecule has 3 N–H and O–H groups in total. The molecule has 14 heavy (non-hydrogen) atoms. The smallest absolute Gasteiger partial charge is 0.407 e. The van der Waals surface area contributed by atoms with E-state index in [0.717, 1.165) is 13.1 Å². The molecule has 0 aromatic carbocycles. The van der Waals surface area contributed by atoms with E-state index in [0.29, 0.717) is 13.1 Å². The van der Waals surface area contributed by atoms with Crippen LogP contribution in [0.15, 0.2) is 0 Å². The Balaban J connectivity index is 0.000000292. The fourth-order valence-electron chi connectivity index (χ4n) is 0.856. The second kappa shape index (κ2) is 5.82. The van der Waals surface area contributed by atoms with Crippen LogP contribution in [0.3, 0.4) is 0 Å². The van der Waals surface area contributed by atoms with Crippen LogP contribution < -0.4 is 5.32 Å². The van der Waals surface area contributed by atoms with E-state index in [-0.39, 0.29) is 0 Å². The Morgan fingerprint density at radius 1 is 1.29 bits per heavy atom. The van der Waals surface area contributed by atoms with Gasteiger partial charge in [-0.05, 0) is 20.8 Å². The minimum Gasteiger partial charge on any atom is -0.465 e. The lowest BCUT2D eigenvalue weighted by Crippen LogP contribution is -2.45. The predicted molar refractivity (Wildman–Crippen MR) is 54.4 cm³/mol. The molecular formula is C9H20N2O3. The maximum absolute atomic E-state index is 10.3. The van der Waals surface area contributed by atoms with E-state index in [1.807, 2.05) is 0 Å². The van der Waals surface area contributed by atoms with Gasteiger partial charge in [0.25, 0.3) is 0 Å². The molecule has 1 saturated heterocycles. The number of nitrogens with zero attached hydrogens (tertiary/aromatic N) is 1. The Morgan fingerprint density at radius 3 is 1.86 bits per heavy atom. The fourth-order valence-corrected chi connectivity index (χ4v) is 0.856. The number of hydrogen-bond donors (Lipinski definition) is 3. The molecule has 0 bridgehead atoms. The molecule has 1 rings (SSSR count). The van der Waals surface area contributed by atoms with Crippen molar-refractivity contribution in [1.29, 1.82) is 0 Å². The van der Waals surface area contributed by atoms with Gasteiger partial charge < -0.3 is 20.4 Å². The van der Waals surface area contributed by atoms with E-state index in [1.165, 1.54) is 4.90 Å². The first kappa shape index (κ1) is 13.2.